The second kappa shape index (κ2) is 30.5. The minimum atomic E-state index is -5.58. The van der Waals surface area contributed by atoms with Crippen LogP contribution in [0.15, 0.2) is 37.0 Å². The maximum Gasteiger partial charge on any atom is 0.481 e. The van der Waals surface area contributed by atoms with E-state index in [4.69, 9.17) is 19.5 Å². The van der Waals surface area contributed by atoms with E-state index in [1.165, 1.54) is 33.1 Å². The van der Waals surface area contributed by atoms with E-state index in [2.05, 4.69) is 65.6 Å². The zero-order valence-electron chi connectivity index (χ0n) is 38.9. The van der Waals surface area contributed by atoms with Gasteiger partial charge in [-0.3, -0.25) is 32.5 Å². The summed E-state index contributed by atoms with van der Waals surface area (Å²) in [6.45, 7) is 2.76. The van der Waals surface area contributed by atoms with Crippen LogP contribution in [0.2, 0.25) is 0 Å². The molecule has 381 valence electrons. The summed E-state index contributed by atoms with van der Waals surface area (Å²) in [5, 5.41) is 26.6. The zero-order chi connectivity index (χ0) is 49.7. The fourth-order valence-corrected chi connectivity index (χ4v) is 10.00. The van der Waals surface area contributed by atoms with Crippen LogP contribution in [0.3, 0.4) is 0 Å². The van der Waals surface area contributed by atoms with Crippen LogP contribution in [0.4, 0.5) is 5.82 Å². The Morgan fingerprint density at radius 1 is 0.912 bits per heavy atom. The molecule has 2 aromatic heterocycles. The minimum absolute atomic E-state index is 0. The van der Waals surface area contributed by atoms with Gasteiger partial charge in [0, 0.05) is 56.0 Å². The Morgan fingerprint density at radius 3 is 2.24 bits per heavy atom. The van der Waals surface area contributed by atoms with Crippen LogP contribution < -0.4 is 16.4 Å². The Balaban J connectivity index is 0.0000159. The Morgan fingerprint density at radius 2 is 1.56 bits per heavy atom. The molecule has 0 spiro atoms. The van der Waals surface area contributed by atoms with Crippen molar-refractivity contribution in [3.63, 3.8) is 0 Å². The minimum Gasteiger partial charge on any atom is -0.386 e. The standard InChI is InChI=1S/C39H66N7O17P3S.Li/c1-4-5-6-7-8-9-10-11-12-13-14-15-16-17-18-19-30(48)67-23-22-41-29(47)20-21-42-37(51)34(50)39(2,3)25-60-66(57,58)63-65(55,56)59-24-28-33(62-64(52,53)54)32(49)38(61-28)46-27-45-31-35(40)43-26-44-36(31)46;/h8-9,11-12,26-28,32-34,38,49-50H,4-7,10,13-25H2,1-3H3,(H,41,47)(H,42,51)(H,55,56)(H,57,58)(H2,40,43,44)(H2,52,53,54);/b9-8+,12-11+;. The number of unbranched alkanes of at least 4 members (excludes halogenated alkanes) is 8. The Kier molecular flexibility index (Phi) is 27.7. The first-order chi connectivity index (χ1) is 31.6. The molecular weight excluding hydrogens is 970 g/mol. The molecule has 0 saturated carbocycles. The molecule has 3 heterocycles. The van der Waals surface area contributed by atoms with Crippen molar-refractivity contribution in [3.05, 3.63) is 37.0 Å². The largest absolute Gasteiger partial charge is 0.481 e. The van der Waals surface area contributed by atoms with Gasteiger partial charge in [0.1, 0.15) is 36.3 Å². The number of nitrogens with one attached hydrogen (secondary N) is 2. The number of nitrogens with two attached hydrogens (primary N) is 1. The normalized spacial score (nSPS) is 20.0. The number of phosphoric acid groups is 3. The third kappa shape index (κ3) is 22.8. The van der Waals surface area contributed by atoms with Crippen molar-refractivity contribution in [1.82, 2.24) is 30.2 Å². The van der Waals surface area contributed by atoms with Gasteiger partial charge in [0.25, 0.3) is 0 Å². The quantitative estimate of drug-likeness (QED) is 0.0210. The van der Waals surface area contributed by atoms with Crippen molar-refractivity contribution in [2.45, 2.75) is 135 Å². The van der Waals surface area contributed by atoms with Crippen molar-refractivity contribution < 1.29 is 80.5 Å². The molecular formula is C39H66LiN7O17P3S. The number of carbonyl (C=O) groups excluding carboxylic acids is 3. The van der Waals surface area contributed by atoms with Crippen molar-refractivity contribution in [2.24, 2.45) is 5.41 Å². The average molecular weight is 1040 g/mol. The number of nitrogens with zero attached hydrogens (tertiary/aromatic N) is 4. The van der Waals surface area contributed by atoms with E-state index in [1.54, 1.807) is 0 Å². The number of allylic oxidation sites excluding steroid dienone is 4. The second-order valence-electron chi connectivity index (χ2n) is 16.3. The molecule has 7 unspecified atom stereocenters. The molecule has 1 saturated heterocycles. The SMILES string of the molecule is CCCCC/C=C/C/C=C/CCCCCCCC(=O)SCCNC(=O)CCNC(=O)C(O)C(C)(C)COP(=O)(O)OP(=O)(O)OCC1OC(n2cnc3c(N)ncnc32)C(O)C1OP(=O)(O)O.[Li]. The van der Waals surface area contributed by atoms with E-state index < -0.39 is 84.6 Å². The van der Waals surface area contributed by atoms with Crippen LogP contribution in [-0.2, 0) is 50.7 Å². The van der Waals surface area contributed by atoms with Gasteiger partial charge in [-0.15, -0.1) is 0 Å². The van der Waals surface area contributed by atoms with Crippen molar-refractivity contribution in [3.8, 4) is 0 Å². The van der Waals surface area contributed by atoms with E-state index in [1.807, 2.05) is 0 Å². The van der Waals surface area contributed by atoms with Gasteiger partial charge in [0.15, 0.2) is 22.8 Å². The maximum atomic E-state index is 12.7. The number of ether oxygens (including phenoxy) is 1. The first-order valence-electron chi connectivity index (χ1n) is 21.9. The molecule has 0 aromatic carbocycles. The molecule has 0 bridgehead atoms. The Hall–Kier alpha value is -2.36. The molecule has 0 aliphatic carbocycles. The number of fused-ring (bicyclic) bond motifs is 1. The third-order valence-corrected chi connectivity index (χ3v) is 14.1. The van der Waals surface area contributed by atoms with E-state index in [-0.39, 0.29) is 60.5 Å². The number of hydrogen-bond donors (Lipinski definition) is 9. The van der Waals surface area contributed by atoms with Crippen LogP contribution in [0, 0.1) is 5.41 Å². The van der Waals surface area contributed by atoms with Crippen molar-refractivity contribution in [2.75, 3.05) is 37.8 Å². The van der Waals surface area contributed by atoms with Gasteiger partial charge in [0.05, 0.1) is 19.5 Å². The zero-order valence-corrected chi connectivity index (χ0v) is 42.4. The smallest absolute Gasteiger partial charge is 0.386 e. The number of hydrogen-bond acceptors (Lipinski definition) is 18. The summed E-state index contributed by atoms with van der Waals surface area (Å²) < 4.78 is 62.4. The molecule has 1 radical (unpaired) electrons. The summed E-state index contributed by atoms with van der Waals surface area (Å²) in [6.07, 6.45) is 14.6. The number of imidazole rings is 1. The fourth-order valence-electron chi connectivity index (χ4n) is 6.45. The summed E-state index contributed by atoms with van der Waals surface area (Å²) in [7, 11) is -16.4. The summed E-state index contributed by atoms with van der Waals surface area (Å²) in [5.41, 5.74) is 4.28. The van der Waals surface area contributed by atoms with Crippen LogP contribution >= 0.6 is 35.2 Å². The second-order valence-corrected chi connectivity index (χ2v) is 21.7. The number of aliphatic hydroxyl groups excluding tert-OH is 2. The molecule has 29 heteroatoms. The summed E-state index contributed by atoms with van der Waals surface area (Å²) in [6, 6.07) is 0. The Labute approximate surface area is 412 Å². The van der Waals surface area contributed by atoms with Crippen LogP contribution in [0.25, 0.3) is 11.2 Å². The third-order valence-electron chi connectivity index (χ3n) is 10.1. The average Bonchev–Trinajstić information content (AvgIpc) is 3.81. The van der Waals surface area contributed by atoms with E-state index in [0.29, 0.717) is 12.2 Å². The van der Waals surface area contributed by atoms with Crippen molar-refractivity contribution in [1.29, 1.82) is 0 Å². The van der Waals surface area contributed by atoms with Gasteiger partial charge in [-0.1, -0.05) is 88.9 Å². The molecule has 1 aliphatic rings. The summed E-state index contributed by atoms with van der Waals surface area (Å²) in [5.74, 6) is -1.04. The van der Waals surface area contributed by atoms with E-state index in [0.717, 1.165) is 80.4 Å². The number of anilines is 1. The monoisotopic (exact) mass is 1040 g/mol. The molecule has 10 N–H and O–H groups in total. The summed E-state index contributed by atoms with van der Waals surface area (Å²) in [4.78, 5) is 88.3. The van der Waals surface area contributed by atoms with Gasteiger partial charge >= 0.3 is 23.5 Å². The van der Waals surface area contributed by atoms with Gasteiger partial charge in [-0.25, -0.2) is 28.6 Å². The predicted octanol–water partition coefficient (Wildman–Crippen LogP) is 4.10. The molecule has 7 atom stereocenters. The molecule has 1 fully saturated rings. The predicted molar refractivity (Wildman–Crippen MR) is 252 cm³/mol. The van der Waals surface area contributed by atoms with E-state index in [9.17, 15) is 57.9 Å². The number of carbonyl (C=O) groups is 3. The number of thioether (sulfide) groups is 1. The number of aromatic nitrogens is 4. The topological polar surface area (TPSA) is 364 Å². The number of phosphoric ester groups is 3. The maximum absolute atomic E-state index is 12.7. The number of aliphatic hydroxyl groups is 2. The van der Waals surface area contributed by atoms with Crippen LogP contribution in [0.5, 0.6) is 0 Å². The number of amides is 2. The fraction of sp³-hybridized carbons (Fsp3) is 0.692. The van der Waals surface area contributed by atoms with Gasteiger partial charge in [0.2, 0.25) is 11.8 Å². The number of nitrogen functional groups attached to an aromatic ring is 1. The molecule has 2 amide bonds. The molecule has 3 rings (SSSR count). The molecule has 68 heavy (non-hydrogen) atoms. The summed E-state index contributed by atoms with van der Waals surface area (Å²) >= 11 is 1.14. The van der Waals surface area contributed by atoms with Crippen molar-refractivity contribution >= 4 is 88.0 Å². The van der Waals surface area contributed by atoms with Gasteiger partial charge < -0.3 is 50.9 Å². The Bertz CT molecular complexity index is 2100. The number of rotatable bonds is 33. The van der Waals surface area contributed by atoms with Crippen LogP contribution in [0.1, 0.15) is 110 Å². The van der Waals surface area contributed by atoms with E-state index >= 15 is 0 Å². The van der Waals surface area contributed by atoms with Gasteiger partial charge in [-0.2, -0.15) is 4.31 Å². The van der Waals surface area contributed by atoms with Gasteiger partial charge in [-0.05, 0) is 38.5 Å². The first-order valence-corrected chi connectivity index (χ1v) is 27.4. The first kappa shape index (κ1) is 61.8. The van der Waals surface area contributed by atoms with Crippen LogP contribution in [-0.4, -0.2) is 142 Å². The molecule has 24 nitrogen and oxygen atoms in total. The molecule has 1 aliphatic heterocycles. The molecule has 2 aromatic rings.